The first-order valence-electron chi connectivity index (χ1n) is 9.10. The SMILES string of the molecule is O=C(O)c1ccc(-c2ccccc2)cc1.Oc1ccc(N(CCBr)CCBr)cc1. The molecule has 4 nitrogen and oxygen atoms in total. The van der Waals surface area contributed by atoms with Crippen LogP contribution in [0.5, 0.6) is 5.75 Å². The Bertz CT molecular complexity index is 863. The predicted molar refractivity (Wildman–Crippen MR) is 127 cm³/mol. The van der Waals surface area contributed by atoms with Crippen molar-refractivity contribution >= 4 is 43.5 Å². The molecule has 0 heterocycles. The molecule has 3 aromatic rings. The maximum atomic E-state index is 10.6. The summed E-state index contributed by atoms with van der Waals surface area (Å²) in [5.41, 5.74) is 3.58. The Morgan fingerprint density at radius 3 is 1.76 bits per heavy atom. The van der Waals surface area contributed by atoms with Crippen LogP contribution in [0, 0.1) is 0 Å². The fourth-order valence-electron chi connectivity index (χ4n) is 2.67. The van der Waals surface area contributed by atoms with Gasteiger partial charge >= 0.3 is 5.97 Å². The van der Waals surface area contributed by atoms with E-state index in [0.29, 0.717) is 11.3 Å². The molecule has 0 amide bonds. The zero-order valence-electron chi connectivity index (χ0n) is 15.8. The van der Waals surface area contributed by atoms with E-state index < -0.39 is 5.97 Å². The average Bonchev–Trinajstić information content (AvgIpc) is 2.75. The second-order valence-corrected chi connectivity index (χ2v) is 7.72. The Morgan fingerprint density at radius 1 is 0.759 bits per heavy atom. The highest BCUT2D eigenvalue weighted by Crippen LogP contribution is 2.19. The lowest BCUT2D eigenvalue weighted by Gasteiger charge is -2.22. The van der Waals surface area contributed by atoms with Crippen molar-refractivity contribution in [1.29, 1.82) is 0 Å². The summed E-state index contributed by atoms with van der Waals surface area (Å²) in [7, 11) is 0. The summed E-state index contributed by atoms with van der Waals surface area (Å²) in [5.74, 6) is -0.582. The van der Waals surface area contributed by atoms with Crippen LogP contribution in [0.15, 0.2) is 78.9 Å². The first kappa shape index (κ1) is 23.0. The zero-order chi connectivity index (χ0) is 21.1. The van der Waals surface area contributed by atoms with Crippen LogP contribution >= 0.6 is 31.9 Å². The summed E-state index contributed by atoms with van der Waals surface area (Å²) in [6, 6.07) is 24.0. The van der Waals surface area contributed by atoms with Crippen LogP contribution in [0.1, 0.15) is 10.4 Å². The Morgan fingerprint density at radius 2 is 1.28 bits per heavy atom. The summed E-state index contributed by atoms with van der Waals surface area (Å²) < 4.78 is 0. The van der Waals surface area contributed by atoms with Gasteiger partial charge in [0.05, 0.1) is 5.56 Å². The standard InChI is InChI=1S/C13H10O2.C10H13Br2NO/c14-13(15)12-8-6-11(7-9-12)10-4-2-1-3-5-10;11-5-7-13(8-6-12)9-1-3-10(14)4-2-9/h1-9H,(H,14,15);1-4,14H,5-8H2. The Kier molecular flexibility index (Phi) is 9.74. The quantitative estimate of drug-likeness (QED) is 0.373. The number of aromatic hydroxyl groups is 1. The van der Waals surface area contributed by atoms with Crippen molar-refractivity contribution in [3.63, 3.8) is 0 Å². The number of phenolic OH excluding ortho intramolecular Hbond substituents is 1. The normalized spacial score (nSPS) is 10.0. The minimum absolute atomic E-state index is 0.311. The van der Waals surface area contributed by atoms with Gasteiger partial charge < -0.3 is 15.1 Å². The molecule has 6 heteroatoms. The third-order valence-electron chi connectivity index (χ3n) is 4.16. The summed E-state index contributed by atoms with van der Waals surface area (Å²) in [6.07, 6.45) is 0. The van der Waals surface area contributed by atoms with Gasteiger partial charge in [-0.1, -0.05) is 74.3 Å². The van der Waals surface area contributed by atoms with E-state index in [-0.39, 0.29) is 0 Å². The number of nitrogens with zero attached hydrogens (tertiary/aromatic N) is 1. The lowest BCUT2D eigenvalue weighted by Crippen LogP contribution is -2.27. The van der Waals surface area contributed by atoms with Crippen molar-refractivity contribution in [2.75, 3.05) is 28.6 Å². The number of carboxylic acids is 1. The summed E-state index contributed by atoms with van der Waals surface area (Å²) >= 11 is 6.85. The van der Waals surface area contributed by atoms with Gasteiger partial charge in [-0.25, -0.2) is 4.79 Å². The van der Waals surface area contributed by atoms with Gasteiger partial charge in [-0.3, -0.25) is 0 Å². The van der Waals surface area contributed by atoms with Gasteiger partial charge in [0.25, 0.3) is 0 Å². The first-order valence-corrected chi connectivity index (χ1v) is 11.3. The molecule has 152 valence electrons. The molecule has 0 radical (unpaired) electrons. The van der Waals surface area contributed by atoms with E-state index in [9.17, 15) is 4.79 Å². The molecule has 0 fully saturated rings. The molecular weight excluding hydrogens is 498 g/mol. The molecule has 0 saturated heterocycles. The Labute approximate surface area is 188 Å². The highest BCUT2D eigenvalue weighted by molar-refractivity contribution is 9.09. The number of hydrogen-bond acceptors (Lipinski definition) is 3. The van der Waals surface area contributed by atoms with Crippen LogP contribution in [0.25, 0.3) is 11.1 Å². The van der Waals surface area contributed by atoms with E-state index in [1.165, 1.54) is 0 Å². The van der Waals surface area contributed by atoms with E-state index in [0.717, 1.165) is 40.6 Å². The number of phenols is 1. The monoisotopic (exact) mass is 519 g/mol. The van der Waals surface area contributed by atoms with E-state index >= 15 is 0 Å². The van der Waals surface area contributed by atoms with E-state index in [4.69, 9.17) is 10.2 Å². The number of carboxylic acid groups (broad SMARTS) is 1. The van der Waals surface area contributed by atoms with Gasteiger partial charge in [-0.15, -0.1) is 0 Å². The van der Waals surface area contributed by atoms with Crippen molar-refractivity contribution in [3.05, 3.63) is 84.4 Å². The van der Waals surface area contributed by atoms with Crippen molar-refractivity contribution in [3.8, 4) is 16.9 Å². The third-order valence-corrected chi connectivity index (χ3v) is 4.87. The number of rotatable bonds is 7. The number of alkyl halides is 2. The van der Waals surface area contributed by atoms with Crippen LogP contribution in [0.2, 0.25) is 0 Å². The second-order valence-electron chi connectivity index (χ2n) is 6.13. The Balaban J connectivity index is 0.000000208. The van der Waals surface area contributed by atoms with Gasteiger partial charge in [-0.05, 0) is 47.5 Å². The maximum absolute atomic E-state index is 10.6. The molecule has 0 atom stereocenters. The van der Waals surface area contributed by atoms with Gasteiger partial charge in [-0.2, -0.15) is 0 Å². The molecule has 29 heavy (non-hydrogen) atoms. The van der Waals surface area contributed by atoms with Crippen LogP contribution in [0.3, 0.4) is 0 Å². The molecule has 0 aliphatic heterocycles. The number of aromatic carboxylic acids is 1. The van der Waals surface area contributed by atoms with E-state index in [1.54, 1.807) is 24.3 Å². The average molecular weight is 521 g/mol. The van der Waals surface area contributed by atoms with E-state index in [1.807, 2.05) is 54.6 Å². The second kappa shape index (κ2) is 12.3. The lowest BCUT2D eigenvalue weighted by molar-refractivity contribution is 0.0697. The van der Waals surface area contributed by atoms with Gasteiger partial charge in [0.2, 0.25) is 0 Å². The largest absolute Gasteiger partial charge is 0.508 e. The molecular formula is C23H23Br2NO3. The van der Waals surface area contributed by atoms with Crippen LogP contribution in [0.4, 0.5) is 5.69 Å². The highest BCUT2D eigenvalue weighted by Gasteiger charge is 2.04. The van der Waals surface area contributed by atoms with Crippen molar-refractivity contribution < 1.29 is 15.0 Å². The molecule has 0 aliphatic carbocycles. The molecule has 0 aliphatic rings. The molecule has 0 unspecified atom stereocenters. The van der Waals surface area contributed by atoms with Crippen LogP contribution < -0.4 is 4.90 Å². The molecule has 0 saturated carbocycles. The van der Waals surface area contributed by atoms with Crippen molar-refractivity contribution in [2.24, 2.45) is 0 Å². The van der Waals surface area contributed by atoms with Crippen molar-refractivity contribution in [2.45, 2.75) is 0 Å². The van der Waals surface area contributed by atoms with Crippen molar-refractivity contribution in [1.82, 2.24) is 0 Å². The topological polar surface area (TPSA) is 60.8 Å². The van der Waals surface area contributed by atoms with Gasteiger partial charge in [0.1, 0.15) is 5.75 Å². The molecule has 3 rings (SSSR count). The zero-order valence-corrected chi connectivity index (χ0v) is 19.0. The highest BCUT2D eigenvalue weighted by atomic mass is 79.9. The first-order chi connectivity index (χ1) is 14.0. The molecule has 3 aromatic carbocycles. The van der Waals surface area contributed by atoms with Crippen LogP contribution in [-0.2, 0) is 0 Å². The summed E-state index contributed by atoms with van der Waals surface area (Å²) in [6.45, 7) is 1.94. The molecule has 0 spiro atoms. The number of carbonyl (C=O) groups is 1. The number of hydrogen-bond donors (Lipinski definition) is 2. The lowest BCUT2D eigenvalue weighted by atomic mass is 10.0. The number of anilines is 1. The fourth-order valence-corrected chi connectivity index (χ4v) is 3.53. The smallest absolute Gasteiger partial charge is 0.335 e. The summed E-state index contributed by atoms with van der Waals surface area (Å²) in [5, 5.41) is 19.8. The number of halogens is 2. The minimum Gasteiger partial charge on any atom is -0.508 e. The molecule has 0 aromatic heterocycles. The summed E-state index contributed by atoms with van der Waals surface area (Å²) in [4.78, 5) is 12.9. The van der Waals surface area contributed by atoms with E-state index in [2.05, 4.69) is 36.8 Å². The predicted octanol–water partition coefficient (Wildman–Crippen LogP) is 6.04. The Hall–Kier alpha value is -2.31. The number of benzene rings is 3. The molecule has 0 bridgehead atoms. The van der Waals surface area contributed by atoms with Gasteiger partial charge in [0, 0.05) is 29.4 Å². The third kappa shape index (κ3) is 7.55. The fraction of sp³-hybridized carbons (Fsp3) is 0.174. The van der Waals surface area contributed by atoms with Crippen LogP contribution in [-0.4, -0.2) is 39.9 Å². The maximum Gasteiger partial charge on any atom is 0.335 e. The van der Waals surface area contributed by atoms with Gasteiger partial charge in [0.15, 0.2) is 0 Å². The molecule has 2 N–H and O–H groups in total. The minimum atomic E-state index is -0.894.